The number of fused-ring (bicyclic) bond motifs is 4. The predicted molar refractivity (Wildman–Crippen MR) is 142 cm³/mol. The van der Waals surface area contributed by atoms with Crippen molar-refractivity contribution in [3.05, 3.63) is 25.3 Å². The van der Waals surface area contributed by atoms with E-state index >= 15 is 8.78 Å². The highest BCUT2D eigenvalue weighted by molar-refractivity contribution is 7.52. The molecule has 4 aromatic heterocycles. The van der Waals surface area contributed by atoms with Gasteiger partial charge in [-0.2, -0.15) is 0 Å². The molecule has 7 rings (SSSR count). The fraction of sp³-hybridized carbons (Fsp3) is 0.524. The van der Waals surface area contributed by atoms with Crippen LogP contribution < -0.4 is 11.5 Å². The smallest absolute Gasteiger partial charge is 0.382 e. The summed E-state index contributed by atoms with van der Waals surface area (Å²) in [5.41, 5.74) is 12.1. The zero-order chi connectivity index (χ0) is 31.0. The number of ether oxygens (including phenoxy) is 2. The summed E-state index contributed by atoms with van der Waals surface area (Å²) in [6.07, 6.45) is -10.0. The van der Waals surface area contributed by atoms with E-state index in [1.165, 1.54) is 21.8 Å². The molecule has 7 heterocycles. The summed E-state index contributed by atoms with van der Waals surface area (Å²) >= 11 is 0. The van der Waals surface area contributed by atoms with Crippen molar-refractivity contribution in [3.8, 4) is 0 Å². The first-order valence-corrected chi connectivity index (χ1v) is 16.3. The molecule has 10 atom stereocenters. The maximum absolute atomic E-state index is 15.9. The molecule has 0 radical (unpaired) electrons. The van der Waals surface area contributed by atoms with Crippen LogP contribution in [0.1, 0.15) is 18.9 Å². The van der Waals surface area contributed by atoms with Crippen LogP contribution in [-0.4, -0.2) is 98.4 Å². The van der Waals surface area contributed by atoms with Crippen molar-refractivity contribution in [1.82, 2.24) is 39.0 Å². The number of nitrogens with two attached hydrogens (primary N) is 2. The van der Waals surface area contributed by atoms with Crippen molar-refractivity contribution in [2.75, 3.05) is 24.2 Å². The Balaban J connectivity index is 1.17. The van der Waals surface area contributed by atoms with Gasteiger partial charge in [0.25, 0.3) is 0 Å². The minimum Gasteiger partial charge on any atom is -0.382 e. The highest BCUT2D eigenvalue weighted by atomic mass is 31.2. The first kappa shape index (κ1) is 29.5. The number of hydrogen-bond donors (Lipinski definition) is 4. The van der Waals surface area contributed by atoms with E-state index in [1.807, 2.05) is 0 Å². The Bertz CT molecular complexity index is 1700. The van der Waals surface area contributed by atoms with E-state index in [1.54, 1.807) is 0 Å². The van der Waals surface area contributed by atoms with Crippen LogP contribution in [0.3, 0.4) is 0 Å². The molecule has 3 aliphatic rings. The van der Waals surface area contributed by atoms with Crippen molar-refractivity contribution in [2.45, 2.75) is 55.6 Å². The largest absolute Gasteiger partial charge is 0.472 e. The number of alkyl halides is 2. The number of aromatic nitrogens is 8. The van der Waals surface area contributed by atoms with Crippen LogP contribution in [0.25, 0.3) is 22.3 Å². The standard InChI is InChI=1S/C21H24F2N10O9P2/c22-10-14-8(39-20(10)32-6-30-12-16(24)26-4-28-18(12)32)1-2-43(34,35)41-15-9(3-38-44(36,37)42-14)40-21(11(15)23)33-7-31-13-17(25)27-5-29-19(13)33/h4-11,14-15,20-21H,1-3H2,(H,34,35)(H,36,37)(H2,24,26,28)(H2,25,27,29)/t8?,9-,10-,11-,14-,15-,20-,21-/m1/s1. The van der Waals surface area contributed by atoms with Crippen LogP contribution in [0, 0.1) is 0 Å². The number of phosphoric acid groups is 1. The monoisotopic (exact) mass is 660 g/mol. The third kappa shape index (κ3) is 5.03. The Hall–Kier alpha value is -3.26. The highest BCUT2D eigenvalue weighted by Crippen LogP contribution is 2.54. The van der Waals surface area contributed by atoms with Crippen molar-refractivity contribution >= 4 is 49.4 Å². The number of hydrogen-bond acceptors (Lipinski definition) is 15. The van der Waals surface area contributed by atoms with Gasteiger partial charge in [0.2, 0.25) is 0 Å². The molecule has 236 valence electrons. The summed E-state index contributed by atoms with van der Waals surface area (Å²) in [5.74, 6) is 0.0441. The second-order valence-corrected chi connectivity index (χ2v) is 13.6. The van der Waals surface area contributed by atoms with Crippen molar-refractivity contribution < 1.29 is 50.7 Å². The first-order valence-electron chi connectivity index (χ1n) is 13.0. The fourth-order valence-electron chi connectivity index (χ4n) is 5.45. The van der Waals surface area contributed by atoms with E-state index < -0.39 is 83.8 Å². The van der Waals surface area contributed by atoms with E-state index in [0.29, 0.717) is 0 Å². The van der Waals surface area contributed by atoms with Crippen LogP contribution >= 0.6 is 15.4 Å². The van der Waals surface area contributed by atoms with Gasteiger partial charge < -0.3 is 30.7 Å². The van der Waals surface area contributed by atoms with Gasteiger partial charge in [0.05, 0.1) is 31.5 Å². The normalized spacial score (nSPS) is 38.3. The summed E-state index contributed by atoms with van der Waals surface area (Å²) in [6, 6.07) is 0. The first-order chi connectivity index (χ1) is 20.9. The Labute approximate surface area is 244 Å². The van der Waals surface area contributed by atoms with Crippen LogP contribution in [0.5, 0.6) is 0 Å². The number of halogens is 2. The van der Waals surface area contributed by atoms with Gasteiger partial charge >= 0.3 is 15.4 Å². The quantitative estimate of drug-likeness (QED) is 0.216. The minimum absolute atomic E-state index is 0.0197. The van der Waals surface area contributed by atoms with Gasteiger partial charge in [-0.15, -0.1) is 0 Å². The van der Waals surface area contributed by atoms with Crippen LogP contribution in [-0.2, 0) is 32.2 Å². The molecule has 44 heavy (non-hydrogen) atoms. The lowest BCUT2D eigenvalue weighted by molar-refractivity contribution is -0.0513. The van der Waals surface area contributed by atoms with Crippen LogP contribution in [0.4, 0.5) is 20.4 Å². The Morgan fingerprint density at radius 2 is 1.32 bits per heavy atom. The van der Waals surface area contributed by atoms with E-state index in [2.05, 4.69) is 29.9 Å². The lowest BCUT2D eigenvalue weighted by Crippen LogP contribution is -2.36. The lowest BCUT2D eigenvalue weighted by Gasteiger charge is -2.27. The molecule has 4 aromatic rings. The number of rotatable bonds is 2. The molecule has 0 amide bonds. The van der Waals surface area contributed by atoms with E-state index in [-0.39, 0.29) is 34.0 Å². The zero-order valence-electron chi connectivity index (χ0n) is 22.2. The average molecular weight is 660 g/mol. The summed E-state index contributed by atoms with van der Waals surface area (Å²) < 4.78 is 87.5. The molecule has 6 N–H and O–H groups in total. The lowest BCUT2D eigenvalue weighted by atomic mass is 10.1. The molecule has 0 aliphatic carbocycles. The molecule has 0 bridgehead atoms. The second-order valence-electron chi connectivity index (χ2n) is 10.2. The number of phosphoric ester groups is 1. The number of nitrogen functional groups attached to an aromatic ring is 2. The summed E-state index contributed by atoms with van der Waals surface area (Å²) in [7, 11) is -9.69. The summed E-state index contributed by atoms with van der Waals surface area (Å²) in [4.78, 5) is 45.1. The summed E-state index contributed by atoms with van der Waals surface area (Å²) in [6.45, 7) is -0.847. The Morgan fingerprint density at radius 1 is 0.795 bits per heavy atom. The molecule has 19 nitrogen and oxygen atoms in total. The zero-order valence-corrected chi connectivity index (χ0v) is 24.0. The van der Waals surface area contributed by atoms with Crippen molar-refractivity contribution in [3.63, 3.8) is 0 Å². The van der Waals surface area contributed by atoms with E-state index in [9.17, 15) is 18.9 Å². The van der Waals surface area contributed by atoms with Crippen molar-refractivity contribution in [1.29, 1.82) is 0 Å². The fourth-order valence-corrected chi connectivity index (χ4v) is 7.73. The Kier molecular flexibility index (Phi) is 7.15. The molecular formula is C21H24F2N10O9P2. The molecule has 3 fully saturated rings. The maximum Gasteiger partial charge on any atom is 0.472 e. The Morgan fingerprint density at radius 3 is 1.89 bits per heavy atom. The molecule has 3 unspecified atom stereocenters. The highest BCUT2D eigenvalue weighted by Gasteiger charge is 2.54. The molecular weight excluding hydrogens is 636 g/mol. The van der Waals surface area contributed by atoms with Gasteiger partial charge in [-0.05, 0) is 6.42 Å². The predicted octanol–water partition coefficient (Wildman–Crippen LogP) is 0.778. The molecule has 0 spiro atoms. The van der Waals surface area contributed by atoms with Crippen LogP contribution in [0.15, 0.2) is 25.3 Å². The van der Waals surface area contributed by atoms with Gasteiger partial charge in [0.1, 0.15) is 42.0 Å². The molecule has 0 aromatic carbocycles. The van der Waals surface area contributed by atoms with Gasteiger partial charge in [0.15, 0.2) is 47.7 Å². The summed E-state index contributed by atoms with van der Waals surface area (Å²) in [5, 5.41) is 0. The van der Waals surface area contributed by atoms with Gasteiger partial charge in [-0.3, -0.25) is 27.3 Å². The van der Waals surface area contributed by atoms with Gasteiger partial charge in [0, 0.05) is 0 Å². The third-order valence-electron chi connectivity index (χ3n) is 7.50. The topological polar surface area (TPSA) is 260 Å². The number of nitrogens with zero attached hydrogens (tertiary/aromatic N) is 8. The SMILES string of the molecule is Nc1ncnc2c1ncn2[C@@H]1O[C@@H]2COP(=O)(O)O[C@@H]3C(CCP(=O)(O)O[C@H]2[C@H]1F)O[C@@H](n1cnc2c(N)ncnc21)[C@@H]3F. The van der Waals surface area contributed by atoms with Crippen molar-refractivity contribution in [2.24, 2.45) is 0 Å². The van der Waals surface area contributed by atoms with Crippen LogP contribution in [0.2, 0.25) is 0 Å². The minimum atomic E-state index is -5.07. The maximum atomic E-state index is 15.9. The molecule has 3 aliphatic heterocycles. The number of imidazole rings is 2. The average Bonchev–Trinajstić information content (AvgIpc) is 3.73. The second kappa shape index (κ2) is 10.7. The van der Waals surface area contributed by atoms with E-state index in [0.717, 1.165) is 12.7 Å². The van der Waals surface area contributed by atoms with E-state index in [4.69, 9.17) is 34.5 Å². The van der Waals surface area contributed by atoms with Gasteiger partial charge in [-0.1, -0.05) is 0 Å². The molecule has 23 heteroatoms. The molecule has 0 saturated carbocycles. The van der Waals surface area contributed by atoms with Gasteiger partial charge in [-0.25, -0.2) is 43.2 Å². The third-order valence-corrected chi connectivity index (χ3v) is 9.88. The number of anilines is 2. The molecule has 3 saturated heterocycles.